The smallest absolute Gasteiger partial charge is 0.323 e. The molecule has 4 heteroatoms. The Labute approximate surface area is 141 Å². The molecule has 0 aliphatic carbocycles. The predicted molar refractivity (Wildman–Crippen MR) is 91.2 cm³/mol. The van der Waals surface area contributed by atoms with Gasteiger partial charge >= 0.3 is 5.97 Å². The Kier molecular flexibility index (Phi) is 4.99. The third-order valence-electron chi connectivity index (χ3n) is 4.41. The largest absolute Gasteiger partial charge is 0.460 e. The molecule has 2 aromatic rings. The van der Waals surface area contributed by atoms with Crippen molar-refractivity contribution < 1.29 is 9.53 Å². The van der Waals surface area contributed by atoms with E-state index in [-0.39, 0.29) is 18.1 Å². The van der Waals surface area contributed by atoms with Crippen LogP contribution in [0.4, 0.5) is 0 Å². The van der Waals surface area contributed by atoms with Gasteiger partial charge in [0.15, 0.2) is 0 Å². The summed E-state index contributed by atoms with van der Waals surface area (Å²) in [6.45, 7) is 3.36. The lowest BCUT2D eigenvalue weighted by Crippen LogP contribution is -2.53. The molecule has 2 unspecified atom stereocenters. The standard InChI is InChI=1S/C19H20ClNO2/c1-14(16-7-9-17(20)10-8-16)21-12-11-18(21)19(22)23-13-15-5-3-2-4-6-15/h2-10,14,18H,11-13H2,1H3. The number of esters is 1. The number of hydrogen-bond acceptors (Lipinski definition) is 3. The number of ether oxygens (including phenoxy) is 1. The van der Waals surface area contributed by atoms with E-state index in [1.165, 1.54) is 0 Å². The van der Waals surface area contributed by atoms with Gasteiger partial charge in [-0.1, -0.05) is 54.1 Å². The number of hydrogen-bond donors (Lipinski definition) is 0. The fourth-order valence-corrected chi connectivity index (χ4v) is 3.01. The lowest BCUT2D eigenvalue weighted by Gasteiger charge is -2.43. The molecule has 0 spiro atoms. The Bertz CT molecular complexity index is 657. The molecule has 1 aliphatic rings. The van der Waals surface area contributed by atoms with Gasteiger partial charge in [-0.3, -0.25) is 9.69 Å². The molecule has 1 aliphatic heterocycles. The maximum absolute atomic E-state index is 12.3. The molecule has 0 saturated carbocycles. The number of carbonyl (C=O) groups is 1. The Morgan fingerprint density at radius 1 is 1.22 bits per heavy atom. The van der Waals surface area contributed by atoms with Gasteiger partial charge in [-0.05, 0) is 36.6 Å². The van der Waals surface area contributed by atoms with Gasteiger partial charge in [-0.25, -0.2) is 0 Å². The van der Waals surface area contributed by atoms with Crippen LogP contribution in [-0.2, 0) is 16.1 Å². The van der Waals surface area contributed by atoms with E-state index in [1.807, 2.05) is 54.6 Å². The fraction of sp³-hybridized carbons (Fsp3) is 0.316. The lowest BCUT2D eigenvalue weighted by molar-refractivity contribution is -0.158. The number of halogens is 1. The second-order valence-electron chi connectivity index (χ2n) is 5.86. The van der Waals surface area contributed by atoms with E-state index in [4.69, 9.17) is 16.3 Å². The minimum Gasteiger partial charge on any atom is -0.460 e. The van der Waals surface area contributed by atoms with E-state index in [0.29, 0.717) is 6.61 Å². The molecule has 3 nitrogen and oxygen atoms in total. The van der Waals surface area contributed by atoms with Crippen LogP contribution in [0.1, 0.15) is 30.5 Å². The normalized spacial score (nSPS) is 19.0. The molecule has 0 radical (unpaired) electrons. The van der Waals surface area contributed by atoms with Crippen molar-refractivity contribution in [1.29, 1.82) is 0 Å². The molecule has 1 heterocycles. The summed E-state index contributed by atoms with van der Waals surface area (Å²) in [5.74, 6) is -0.138. The highest BCUT2D eigenvalue weighted by Gasteiger charge is 2.38. The van der Waals surface area contributed by atoms with Crippen LogP contribution in [0, 0.1) is 0 Å². The first kappa shape index (κ1) is 16.0. The zero-order valence-corrected chi connectivity index (χ0v) is 13.9. The summed E-state index contributed by atoms with van der Waals surface area (Å²) in [6, 6.07) is 17.6. The van der Waals surface area contributed by atoms with Crippen LogP contribution in [-0.4, -0.2) is 23.5 Å². The van der Waals surface area contributed by atoms with Crippen molar-refractivity contribution in [2.45, 2.75) is 32.0 Å². The number of likely N-dealkylation sites (tertiary alicyclic amines) is 1. The van der Waals surface area contributed by atoms with Crippen LogP contribution in [0.5, 0.6) is 0 Å². The molecular weight excluding hydrogens is 310 g/mol. The van der Waals surface area contributed by atoms with E-state index >= 15 is 0 Å². The third kappa shape index (κ3) is 3.74. The molecule has 1 fully saturated rings. The minimum atomic E-state index is -0.149. The first-order valence-electron chi connectivity index (χ1n) is 7.87. The molecular formula is C19H20ClNO2. The molecule has 0 amide bonds. The van der Waals surface area contributed by atoms with Gasteiger partial charge in [0.1, 0.15) is 12.6 Å². The number of benzene rings is 2. The van der Waals surface area contributed by atoms with Crippen LogP contribution < -0.4 is 0 Å². The number of nitrogens with zero attached hydrogens (tertiary/aromatic N) is 1. The van der Waals surface area contributed by atoms with Crippen LogP contribution in [0.3, 0.4) is 0 Å². The second-order valence-corrected chi connectivity index (χ2v) is 6.30. The molecule has 23 heavy (non-hydrogen) atoms. The van der Waals surface area contributed by atoms with Gasteiger partial charge in [0.2, 0.25) is 0 Å². The Morgan fingerprint density at radius 3 is 2.52 bits per heavy atom. The van der Waals surface area contributed by atoms with Gasteiger partial charge < -0.3 is 4.74 Å². The second kappa shape index (κ2) is 7.16. The first-order valence-corrected chi connectivity index (χ1v) is 8.25. The Hall–Kier alpha value is -1.84. The number of carbonyl (C=O) groups excluding carboxylic acids is 1. The zero-order valence-electron chi connectivity index (χ0n) is 13.1. The van der Waals surface area contributed by atoms with E-state index in [0.717, 1.165) is 29.1 Å². The molecule has 0 bridgehead atoms. The summed E-state index contributed by atoms with van der Waals surface area (Å²) in [7, 11) is 0. The van der Waals surface area contributed by atoms with E-state index in [1.54, 1.807) is 0 Å². The average Bonchev–Trinajstić information content (AvgIpc) is 2.53. The summed E-state index contributed by atoms with van der Waals surface area (Å²) < 4.78 is 5.47. The van der Waals surface area contributed by atoms with E-state index in [9.17, 15) is 4.79 Å². The van der Waals surface area contributed by atoms with Crippen molar-refractivity contribution in [2.24, 2.45) is 0 Å². The van der Waals surface area contributed by atoms with Crippen LogP contribution in [0.2, 0.25) is 5.02 Å². The third-order valence-corrected chi connectivity index (χ3v) is 4.66. The maximum atomic E-state index is 12.3. The molecule has 0 aromatic heterocycles. The van der Waals surface area contributed by atoms with Crippen molar-refractivity contribution in [1.82, 2.24) is 4.90 Å². The summed E-state index contributed by atoms with van der Waals surface area (Å²) in [4.78, 5) is 14.5. The summed E-state index contributed by atoms with van der Waals surface area (Å²) in [5, 5.41) is 0.725. The van der Waals surface area contributed by atoms with Crippen molar-refractivity contribution >= 4 is 17.6 Å². The van der Waals surface area contributed by atoms with Crippen LogP contribution >= 0.6 is 11.6 Å². The van der Waals surface area contributed by atoms with Crippen LogP contribution in [0.15, 0.2) is 54.6 Å². The quantitative estimate of drug-likeness (QED) is 0.769. The van der Waals surface area contributed by atoms with Gasteiger partial charge in [-0.2, -0.15) is 0 Å². The average molecular weight is 330 g/mol. The van der Waals surface area contributed by atoms with Crippen LogP contribution in [0.25, 0.3) is 0 Å². The van der Waals surface area contributed by atoms with E-state index in [2.05, 4.69) is 11.8 Å². The molecule has 0 N–H and O–H groups in total. The van der Waals surface area contributed by atoms with Crippen molar-refractivity contribution in [3.05, 3.63) is 70.7 Å². The first-order chi connectivity index (χ1) is 11.1. The van der Waals surface area contributed by atoms with E-state index < -0.39 is 0 Å². The fourth-order valence-electron chi connectivity index (χ4n) is 2.88. The summed E-state index contributed by atoms with van der Waals surface area (Å²) >= 11 is 5.93. The van der Waals surface area contributed by atoms with Gasteiger partial charge in [0.05, 0.1) is 0 Å². The highest BCUT2D eigenvalue weighted by atomic mass is 35.5. The molecule has 2 aromatic carbocycles. The SMILES string of the molecule is CC(c1ccc(Cl)cc1)N1CCC1C(=O)OCc1ccccc1. The highest BCUT2D eigenvalue weighted by molar-refractivity contribution is 6.30. The highest BCUT2D eigenvalue weighted by Crippen LogP contribution is 2.31. The Balaban J connectivity index is 1.58. The van der Waals surface area contributed by atoms with Crippen molar-refractivity contribution in [3.63, 3.8) is 0 Å². The molecule has 2 atom stereocenters. The van der Waals surface area contributed by atoms with Crippen molar-refractivity contribution in [3.8, 4) is 0 Å². The number of rotatable bonds is 5. The molecule has 120 valence electrons. The predicted octanol–water partition coefficient (Wildman–Crippen LogP) is 4.22. The van der Waals surface area contributed by atoms with Gasteiger partial charge in [0, 0.05) is 17.6 Å². The maximum Gasteiger partial charge on any atom is 0.323 e. The molecule has 3 rings (SSSR count). The lowest BCUT2D eigenvalue weighted by atomic mass is 9.96. The minimum absolute atomic E-state index is 0.138. The summed E-state index contributed by atoms with van der Waals surface area (Å²) in [6.07, 6.45) is 0.853. The monoisotopic (exact) mass is 329 g/mol. The topological polar surface area (TPSA) is 29.5 Å². The Morgan fingerprint density at radius 2 is 1.91 bits per heavy atom. The van der Waals surface area contributed by atoms with Crippen molar-refractivity contribution in [2.75, 3.05) is 6.54 Å². The molecule has 1 saturated heterocycles. The van der Waals surface area contributed by atoms with Gasteiger partial charge in [-0.15, -0.1) is 0 Å². The summed E-state index contributed by atoms with van der Waals surface area (Å²) in [5.41, 5.74) is 2.17. The van der Waals surface area contributed by atoms with Gasteiger partial charge in [0.25, 0.3) is 0 Å². The zero-order chi connectivity index (χ0) is 16.2.